The number of benzene rings is 1. The van der Waals surface area contributed by atoms with Crippen molar-refractivity contribution >= 4 is 11.8 Å². The molecular formula is C11H14F2N2S. The van der Waals surface area contributed by atoms with Crippen molar-refractivity contribution < 1.29 is 8.78 Å². The lowest BCUT2D eigenvalue weighted by Crippen LogP contribution is -2.38. The van der Waals surface area contributed by atoms with Crippen LogP contribution in [0.3, 0.4) is 0 Å². The molecule has 1 aromatic rings. The highest BCUT2D eigenvalue weighted by atomic mass is 32.2. The molecule has 2 atom stereocenters. The zero-order valence-corrected chi connectivity index (χ0v) is 9.51. The third-order valence-electron chi connectivity index (χ3n) is 2.55. The number of rotatable bonds is 4. The fourth-order valence-electron chi connectivity index (χ4n) is 1.66. The molecule has 1 heterocycles. The second-order valence-electron chi connectivity index (χ2n) is 3.72. The van der Waals surface area contributed by atoms with E-state index in [2.05, 4.69) is 10.9 Å². The Hall–Kier alpha value is -0.650. The molecule has 2 rings (SSSR count). The van der Waals surface area contributed by atoms with Crippen molar-refractivity contribution in [2.75, 3.05) is 6.54 Å². The summed E-state index contributed by atoms with van der Waals surface area (Å²) < 4.78 is 25.2. The van der Waals surface area contributed by atoms with Crippen LogP contribution < -0.4 is 10.9 Å². The van der Waals surface area contributed by atoms with Gasteiger partial charge in [-0.05, 0) is 5.56 Å². The largest absolute Gasteiger partial charge is 0.256 e. The number of thioether (sulfide) groups is 1. The van der Waals surface area contributed by atoms with Gasteiger partial charge in [0.05, 0.1) is 6.04 Å². The van der Waals surface area contributed by atoms with Gasteiger partial charge in [0.2, 0.25) is 0 Å². The summed E-state index contributed by atoms with van der Waals surface area (Å²) in [7, 11) is 0. The molecule has 2 unspecified atom stereocenters. The first-order valence-electron chi connectivity index (χ1n) is 5.19. The molecule has 0 aliphatic carbocycles. The first-order valence-corrected chi connectivity index (χ1v) is 6.24. The summed E-state index contributed by atoms with van der Waals surface area (Å²) in [4.78, 5) is 0. The lowest BCUT2D eigenvalue weighted by Gasteiger charge is -2.16. The quantitative estimate of drug-likeness (QED) is 0.847. The van der Waals surface area contributed by atoms with E-state index in [1.165, 1.54) is 5.56 Å². The summed E-state index contributed by atoms with van der Waals surface area (Å²) in [5.41, 5.74) is 6.58. The van der Waals surface area contributed by atoms with E-state index in [4.69, 9.17) is 0 Å². The average molecular weight is 244 g/mol. The Morgan fingerprint density at radius 2 is 2.06 bits per heavy atom. The van der Waals surface area contributed by atoms with E-state index in [0.29, 0.717) is 6.54 Å². The predicted molar refractivity (Wildman–Crippen MR) is 62.5 cm³/mol. The zero-order valence-electron chi connectivity index (χ0n) is 8.70. The Morgan fingerprint density at radius 3 is 2.75 bits per heavy atom. The van der Waals surface area contributed by atoms with Gasteiger partial charge in [0.25, 0.3) is 6.43 Å². The molecule has 1 aliphatic heterocycles. The van der Waals surface area contributed by atoms with Crippen molar-refractivity contribution in [3.63, 3.8) is 0 Å². The third-order valence-corrected chi connectivity index (χ3v) is 3.94. The minimum absolute atomic E-state index is 0.0693. The van der Waals surface area contributed by atoms with Crippen LogP contribution in [0.25, 0.3) is 0 Å². The molecule has 0 spiro atoms. The summed E-state index contributed by atoms with van der Waals surface area (Å²) in [5, 5.41) is -0.0693. The molecule has 2 N–H and O–H groups in total. The van der Waals surface area contributed by atoms with E-state index < -0.39 is 12.5 Å². The Morgan fingerprint density at radius 1 is 1.31 bits per heavy atom. The Kier molecular flexibility index (Phi) is 4.15. The highest BCUT2D eigenvalue weighted by Crippen LogP contribution is 2.24. The highest BCUT2D eigenvalue weighted by Gasteiger charge is 2.34. The first-order chi connectivity index (χ1) is 7.77. The van der Waals surface area contributed by atoms with Gasteiger partial charge >= 0.3 is 0 Å². The van der Waals surface area contributed by atoms with E-state index in [1.54, 1.807) is 11.8 Å². The van der Waals surface area contributed by atoms with Crippen LogP contribution in [0.5, 0.6) is 0 Å². The van der Waals surface area contributed by atoms with Gasteiger partial charge in [-0.1, -0.05) is 30.3 Å². The Balaban J connectivity index is 1.86. The minimum atomic E-state index is -2.32. The molecule has 0 bridgehead atoms. The number of alkyl halides is 2. The number of hydrogen-bond donors (Lipinski definition) is 2. The van der Waals surface area contributed by atoms with Crippen LogP contribution in [0, 0.1) is 0 Å². The fraction of sp³-hybridized carbons (Fsp3) is 0.455. The summed E-state index contributed by atoms with van der Waals surface area (Å²) in [6.45, 7) is 0.590. The number of nitrogens with one attached hydrogen (secondary N) is 2. The summed E-state index contributed by atoms with van der Waals surface area (Å²) in [6.07, 6.45) is -2.32. The SMILES string of the molecule is FC(F)C1NNCC1SCc1ccccc1. The zero-order chi connectivity index (χ0) is 11.4. The smallest absolute Gasteiger partial charge is 0.256 e. The van der Waals surface area contributed by atoms with Gasteiger partial charge in [0, 0.05) is 17.5 Å². The van der Waals surface area contributed by atoms with Gasteiger partial charge in [-0.15, -0.1) is 0 Å². The van der Waals surface area contributed by atoms with E-state index >= 15 is 0 Å². The van der Waals surface area contributed by atoms with Gasteiger partial charge in [-0.2, -0.15) is 11.8 Å². The van der Waals surface area contributed by atoms with Gasteiger partial charge < -0.3 is 0 Å². The maximum Gasteiger partial charge on any atom is 0.256 e. The lowest BCUT2D eigenvalue weighted by atomic mass is 10.2. The van der Waals surface area contributed by atoms with Crippen molar-refractivity contribution in [2.45, 2.75) is 23.5 Å². The van der Waals surface area contributed by atoms with Gasteiger partial charge in [0.1, 0.15) is 0 Å². The second kappa shape index (κ2) is 5.61. The Labute approximate surface area is 97.8 Å². The van der Waals surface area contributed by atoms with Crippen molar-refractivity contribution in [1.29, 1.82) is 0 Å². The van der Waals surface area contributed by atoms with Gasteiger partial charge in [-0.25, -0.2) is 14.2 Å². The normalized spacial score (nSPS) is 25.2. The molecule has 0 saturated carbocycles. The van der Waals surface area contributed by atoms with Crippen LogP contribution in [-0.2, 0) is 5.75 Å². The predicted octanol–water partition coefficient (Wildman–Crippen LogP) is 2.03. The van der Waals surface area contributed by atoms with E-state index in [0.717, 1.165) is 5.75 Å². The molecule has 1 aromatic carbocycles. The molecule has 0 amide bonds. The van der Waals surface area contributed by atoms with E-state index in [1.807, 2.05) is 30.3 Å². The topological polar surface area (TPSA) is 24.1 Å². The molecule has 2 nitrogen and oxygen atoms in total. The number of halogens is 2. The third kappa shape index (κ3) is 2.93. The monoisotopic (exact) mass is 244 g/mol. The van der Waals surface area contributed by atoms with Crippen LogP contribution in [-0.4, -0.2) is 24.3 Å². The second-order valence-corrected chi connectivity index (χ2v) is 4.95. The molecule has 1 aliphatic rings. The summed E-state index contributed by atoms with van der Waals surface area (Å²) in [5.74, 6) is 0.776. The standard InChI is InChI=1S/C11H14F2N2S/c12-11(13)10-9(6-14-15-10)16-7-8-4-2-1-3-5-8/h1-5,9-11,14-15H,6-7H2. The molecule has 88 valence electrons. The fourth-order valence-corrected chi connectivity index (χ4v) is 2.86. The molecule has 0 radical (unpaired) electrons. The molecule has 16 heavy (non-hydrogen) atoms. The molecule has 0 aromatic heterocycles. The van der Waals surface area contributed by atoms with Crippen LogP contribution in [0.15, 0.2) is 30.3 Å². The maximum absolute atomic E-state index is 12.6. The van der Waals surface area contributed by atoms with E-state index in [-0.39, 0.29) is 5.25 Å². The molecule has 1 saturated heterocycles. The minimum Gasteiger partial charge on any atom is -0.256 e. The van der Waals surface area contributed by atoms with Gasteiger partial charge in [0.15, 0.2) is 0 Å². The maximum atomic E-state index is 12.6. The van der Waals surface area contributed by atoms with Crippen LogP contribution in [0.1, 0.15) is 5.56 Å². The molecular weight excluding hydrogens is 230 g/mol. The van der Waals surface area contributed by atoms with Crippen LogP contribution >= 0.6 is 11.8 Å². The Bertz CT molecular complexity index is 321. The summed E-state index contributed by atoms with van der Waals surface area (Å²) in [6, 6.07) is 9.17. The van der Waals surface area contributed by atoms with Crippen molar-refractivity contribution in [2.24, 2.45) is 0 Å². The van der Waals surface area contributed by atoms with Gasteiger partial charge in [-0.3, -0.25) is 5.43 Å². The van der Waals surface area contributed by atoms with Crippen molar-refractivity contribution in [3.8, 4) is 0 Å². The molecule has 1 fully saturated rings. The number of hydrazine groups is 1. The van der Waals surface area contributed by atoms with Crippen LogP contribution in [0.2, 0.25) is 0 Å². The van der Waals surface area contributed by atoms with Crippen molar-refractivity contribution in [1.82, 2.24) is 10.9 Å². The average Bonchev–Trinajstić information content (AvgIpc) is 2.76. The first kappa shape index (κ1) is 11.8. The van der Waals surface area contributed by atoms with Crippen molar-refractivity contribution in [3.05, 3.63) is 35.9 Å². The van der Waals surface area contributed by atoms with E-state index in [9.17, 15) is 8.78 Å². The molecule has 5 heteroatoms. The van der Waals surface area contributed by atoms with Crippen LogP contribution in [0.4, 0.5) is 8.78 Å². The number of hydrogen-bond acceptors (Lipinski definition) is 3. The summed E-state index contributed by atoms with van der Waals surface area (Å²) >= 11 is 1.57. The lowest BCUT2D eigenvalue weighted by molar-refractivity contribution is 0.107. The highest BCUT2D eigenvalue weighted by molar-refractivity contribution is 7.99.